The Hall–Kier alpha value is -4.89. The van der Waals surface area contributed by atoms with Crippen molar-refractivity contribution < 1.29 is 43.7 Å². The van der Waals surface area contributed by atoms with Gasteiger partial charge in [-0.25, -0.2) is 4.79 Å². The number of unbranched alkanes of at least 4 members (excludes halogenated alkanes) is 11. The first-order valence-corrected chi connectivity index (χ1v) is 27.9. The summed E-state index contributed by atoms with van der Waals surface area (Å²) in [6.07, 6.45) is 20.7. The molecule has 1 amide bonds. The van der Waals surface area contributed by atoms with Crippen molar-refractivity contribution in [2.45, 2.75) is 159 Å². The highest BCUT2D eigenvalue weighted by Crippen LogP contribution is 2.62. The summed E-state index contributed by atoms with van der Waals surface area (Å²) < 4.78 is 27.2. The second-order valence-corrected chi connectivity index (χ2v) is 20.6. The first kappa shape index (κ1) is 56.4. The molecule has 3 aliphatic rings. The van der Waals surface area contributed by atoms with Gasteiger partial charge in [0.2, 0.25) is 5.79 Å². The summed E-state index contributed by atoms with van der Waals surface area (Å²) >= 11 is 1.74. The monoisotopic (exact) mass is 1010 g/mol. The molecular weight excluding hydrogens is 931 g/mol. The smallest absolute Gasteiger partial charge is 0.410 e. The highest BCUT2D eigenvalue weighted by atomic mass is 32.2. The average molecular weight is 1010 g/mol. The predicted octanol–water partition coefficient (Wildman–Crippen LogP) is 13.4. The number of aliphatic hydroxyl groups is 2. The van der Waals surface area contributed by atoms with Crippen molar-refractivity contribution in [3.8, 4) is 11.5 Å². The van der Waals surface area contributed by atoms with Crippen LogP contribution in [-0.4, -0.2) is 89.0 Å². The van der Waals surface area contributed by atoms with Crippen molar-refractivity contribution in [1.29, 1.82) is 0 Å². The minimum atomic E-state index is -1.42. The van der Waals surface area contributed by atoms with Gasteiger partial charge >= 0.3 is 6.09 Å². The van der Waals surface area contributed by atoms with Crippen LogP contribution >= 0.6 is 11.8 Å². The molecule has 6 rings (SSSR count). The lowest BCUT2D eigenvalue weighted by atomic mass is 9.55. The molecule has 1 saturated carbocycles. The zero-order valence-corrected chi connectivity index (χ0v) is 43.8. The highest BCUT2D eigenvalue weighted by molar-refractivity contribution is 7.99. The van der Waals surface area contributed by atoms with Crippen molar-refractivity contribution in [2.75, 3.05) is 45.3 Å². The lowest BCUT2D eigenvalue weighted by Gasteiger charge is -2.59. The number of amides is 1. The number of carbonyl (C=O) groups is 1. The molecule has 3 aromatic rings. The van der Waals surface area contributed by atoms with Crippen LogP contribution in [0.4, 0.5) is 10.5 Å². The first-order chi connectivity index (χ1) is 35.3. The van der Waals surface area contributed by atoms with E-state index < -0.39 is 28.8 Å². The molecule has 1 aliphatic heterocycles. The standard InChI is InChI=1S/C58H81N3O10S/c1-4-7-8-9-10-11-12-13-14-22-37-68-57(64)60(33-5-2)54-42-52(59-70-43-44-27-29-46(30-28-44)61(65)66)50-40-45(23-18-20-34-62)49(26-19-21-35-63)55-51-41-47(67-38-39-72-48-24-16-15-17-25-48)31-32-53(51)71-58(54,56(50)55)69-36-6-3/h6,15-17,24-25,27-32,40-41,45,49,54-56,62-63H,3-5,7-14,18-23,26,33-39,42-43H2,1-2H3. The Kier molecular flexibility index (Phi) is 23.8. The Morgan fingerprint density at radius 1 is 0.889 bits per heavy atom. The number of hydrogen-bond acceptors (Lipinski definition) is 12. The van der Waals surface area contributed by atoms with E-state index in [1.807, 2.05) is 37.3 Å². The van der Waals surface area contributed by atoms with Gasteiger partial charge in [-0.15, -0.1) is 18.3 Å². The molecule has 6 atom stereocenters. The molecular formula is C58H81N3O10S. The molecule has 0 spiro atoms. The maximum Gasteiger partial charge on any atom is 0.410 e. The molecule has 2 N–H and O–H groups in total. The number of fused-ring (bicyclic) bond motifs is 2. The normalized spacial score (nSPS) is 21.5. The number of oxime groups is 1. The van der Waals surface area contributed by atoms with Gasteiger partial charge in [0.25, 0.3) is 5.69 Å². The topological polar surface area (TPSA) is 162 Å². The van der Waals surface area contributed by atoms with E-state index in [0.717, 1.165) is 73.1 Å². The second kappa shape index (κ2) is 30.3. The minimum absolute atomic E-state index is 0.0106. The zero-order chi connectivity index (χ0) is 51.0. The lowest BCUT2D eigenvalue weighted by molar-refractivity contribution is -0.384. The number of nitrogens with zero attached hydrogens (tertiary/aromatic N) is 3. The third-order valence-electron chi connectivity index (χ3n) is 14.4. The van der Waals surface area contributed by atoms with Crippen LogP contribution in [-0.2, 0) is 20.9 Å². The van der Waals surface area contributed by atoms with Crippen molar-refractivity contribution in [2.24, 2.45) is 22.9 Å². The average Bonchev–Trinajstić information content (AvgIpc) is 3.39. The molecule has 0 saturated heterocycles. The Labute approximate surface area is 432 Å². The number of carbonyl (C=O) groups excluding carboxylic acids is 1. The molecule has 0 radical (unpaired) electrons. The van der Waals surface area contributed by atoms with Crippen LogP contribution in [0.2, 0.25) is 0 Å². The fourth-order valence-corrected chi connectivity index (χ4v) is 11.7. The van der Waals surface area contributed by atoms with Crippen LogP contribution in [0.1, 0.15) is 146 Å². The Morgan fingerprint density at radius 2 is 1.60 bits per heavy atom. The molecule has 3 aromatic carbocycles. The third-order valence-corrected chi connectivity index (χ3v) is 15.3. The number of thioether (sulfide) groups is 1. The summed E-state index contributed by atoms with van der Waals surface area (Å²) in [6.45, 7) is 9.92. The van der Waals surface area contributed by atoms with Crippen LogP contribution in [0.3, 0.4) is 0 Å². The zero-order valence-electron chi connectivity index (χ0n) is 43.0. The quantitative estimate of drug-likeness (QED) is 0.0192. The van der Waals surface area contributed by atoms with Gasteiger partial charge in [-0.2, -0.15) is 0 Å². The van der Waals surface area contributed by atoms with Crippen molar-refractivity contribution in [1.82, 2.24) is 4.90 Å². The first-order valence-electron chi connectivity index (χ1n) is 27.0. The highest BCUT2D eigenvalue weighted by Gasteiger charge is 2.65. The van der Waals surface area contributed by atoms with E-state index in [1.54, 1.807) is 34.9 Å². The van der Waals surface area contributed by atoms with E-state index in [1.165, 1.54) is 62.0 Å². The Morgan fingerprint density at radius 3 is 2.28 bits per heavy atom. The summed E-state index contributed by atoms with van der Waals surface area (Å²) in [4.78, 5) is 34.9. The van der Waals surface area contributed by atoms with Crippen molar-refractivity contribution in [3.63, 3.8) is 0 Å². The SMILES string of the molecule is C=CCOC12Oc3ccc(OCCSc4ccccc4)cc3C3C(CCCCO)C(CCCCO)C=C(C(=NOCc4ccc([N+](=O)[O-])cc4)CC1N(CCC)C(=O)OCCCCCCCCCCCC)C32. The number of rotatable bonds is 34. The third kappa shape index (κ3) is 15.6. The number of allylic oxidation sites excluding steroid dienone is 1. The van der Waals surface area contributed by atoms with Crippen molar-refractivity contribution in [3.05, 3.63) is 118 Å². The molecule has 1 fully saturated rings. The summed E-state index contributed by atoms with van der Waals surface area (Å²) in [5.74, 6) is 0.119. The Balaban J connectivity index is 1.40. The molecule has 14 heteroatoms. The van der Waals surface area contributed by atoms with Crippen molar-refractivity contribution >= 4 is 29.3 Å². The second-order valence-electron chi connectivity index (χ2n) is 19.5. The van der Waals surface area contributed by atoms with Gasteiger partial charge in [-0.3, -0.25) is 15.0 Å². The van der Waals surface area contributed by atoms with Gasteiger partial charge < -0.3 is 34.0 Å². The van der Waals surface area contributed by atoms with E-state index in [-0.39, 0.29) is 56.3 Å². The minimum Gasteiger partial charge on any atom is -0.493 e. The van der Waals surface area contributed by atoms with Crippen LogP contribution in [0, 0.1) is 27.9 Å². The molecule has 72 heavy (non-hydrogen) atoms. The van der Waals surface area contributed by atoms with Gasteiger partial charge in [0.1, 0.15) is 24.1 Å². The van der Waals surface area contributed by atoms with E-state index >= 15 is 0 Å². The number of nitro groups is 1. The summed E-state index contributed by atoms with van der Waals surface area (Å²) in [6, 6.07) is 21.9. The van der Waals surface area contributed by atoms with Crippen LogP contribution in [0.5, 0.6) is 11.5 Å². The van der Waals surface area contributed by atoms with Gasteiger partial charge in [0.05, 0.1) is 36.4 Å². The van der Waals surface area contributed by atoms with E-state index in [4.69, 9.17) is 28.9 Å². The van der Waals surface area contributed by atoms with E-state index in [0.29, 0.717) is 50.5 Å². The number of hydrogen-bond donors (Lipinski definition) is 2. The Bertz CT molecular complexity index is 2170. The number of nitro benzene ring substituents is 1. The van der Waals surface area contributed by atoms with Crippen LogP contribution < -0.4 is 9.47 Å². The van der Waals surface area contributed by atoms with Crippen LogP contribution in [0.25, 0.3) is 0 Å². The van der Waals surface area contributed by atoms with Gasteiger partial charge in [0.15, 0.2) is 0 Å². The van der Waals surface area contributed by atoms with Gasteiger partial charge in [0, 0.05) is 60.4 Å². The fourth-order valence-electron chi connectivity index (χ4n) is 10.9. The largest absolute Gasteiger partial charge is 0.493 e. The van der Waals surface area contributed by atoms with Crippen LogP contribution in [0.15, 0.2) is 107 Å². The summed E-state index contributed by atoms with van der Waals surface area (Å²) in [7, 11) is 0. The molecule has 0 aromatic heterocycles. The molecule has 394 valence electrons. The summed E-state index contributed by atoms with van der Waals surface area (Å²) in [5.41, 5.74) is 3.27. The number of benzene rings is 3. The maximum absolute atomic E-state index is 14.7. The maximum atomic E-state index is 14.7. The molecule has 2 aliphatic carbocycles. The predicted molar refractivity (Wildman–Crippen MR) is 286 cm³/mol. The molecule has 6 unspecified atom stereocenters. The molecule has 0 bridgehead atoms. The van der Waals surface area contributed by atoms with Gasteiger partial charge in [-0.05, 0) is 104 Å². The number of aliphatic hydroxyl groups excluding tert-OH is 2. The lowest BCUT2D eigenvalue weighted by Crippen LogP contribution is -2.70. The van der Waals surface area contributed by atoms with Gasteiger partial charge in [-0.1, -0.05) is 120 Å². The van der Waals surface area contributed by atoms with E-state index in [9.17, 15) is 25.1 Å². The summed E-state index contributed by atoms with van der Waals surface area (Å²) in [5, 5.41) is 36.4. The number of ether oxygens (including phenoxy) is 4. The molecule has 13 nitrogen and oxygen atoms in total. The number of non-ortho nitro benzene ring substituents is 1. The molecule has 1 heterocycles. The van der Waals surface area contributed by atoms with E-state index in [2.05, 4.69) is 37.8 Å². The fraction of sp³-hybridized carbons (Fsp3) is 0.586.